The number of anilines is 2. The summed E-state index contributed by atoms with van der Waals surface area (Å²) in [6.45, 7) is 5.48. The van der Waals surface area contributed by atoms with E-state index in [9.17, 15) is 14.4 Å². The van der Waals surface area contributed by atoms with E-state index in [0.717, 1.165) is 25.9 Å². The van der Waals surface area contributed by atoms with Crippen LogP contribution in [-0.2, 0) is 4.79 Å². The number of hydrogen-bond donors (Lipinski definition) is 3. The first kappa shape index (κ1) is 22.3. The Bertz CT molecular complexity index is 919. The number of amides is 3. The highest BCUT2D eigenvalue weighted by Crippen LogP contribution is 2.16. The molecule has 2 aromatic carbocycles. The van der Waals surface area contributed by atoms with E-state index in [1.807, 2.05) is 18.7 Å². The average Bonchev–Trinajstić information content (AvgIpc) is 2.78. The van der Waals surface area contributed by atoms with Crippen molar-refractivity contribution in [2.45, 2.75) is 39.2 Å². The summed E-state index contributed by atoms with van der Waals surface area (Å²) in [7, 11) is 0. The van der Waals surface area contributed by atoms with E-state index in [2.05, 4.69) is 16.0 Å². The summed E-state index contributed by atoms with van der Waals surface area (Å²) in [6, 6.07) is 14.1. The Balaban J connectivity index is 1.51. The zero-order chi connectivity index (χ0) is 22.2. The minimum atomic E-state index is -0.216. The Morgan fingerprint density at radius 3 is 2.29 bits per heavy atom. The fraction of sp³-hybridized carbons (Fsp3) is 0.375. The summed E-state index contributed by atoms with van der Waals surface area (Å²) in [4.78, 5) is 38.8. The van der Waals surface area contributed by atoms with Crippen LogP contribution in [0.4, 0.5) is 11.4 Å². The van der Waals surface area contributed by atoms with Crippen LogP contribution in [-0.4, -0.2) is 48.3 Å². The number of hydrogen-bond acceptors (Lipinski definition) is 4. The molecule has 1 saturated heterocycles. The minimum Gasteiger partial charge on any atom is -0.376 e. The van der Waals surface area contributed by atoms with Crippen LogP contribution in [0.5, 0.6) is 0 Å². The van der Waals surface area contributed by atoms with Crippen LogP contribution in [0.3, 0.4) is 0 Å². The van der Waals surface area contributed by atoms with Crippen molar-refractivity contribution in [3.05, 3.63) is 59.7 Å². The predicted octanol–water partition coefficient (Wildman–Crippen LogP) is 3.50. The third-order valence-corrected chi connectivity index (χ3v) is 5.06. The van der Waals surface area contributed by atoms with Crippen LogP contribution in [0, 0.1) is 0 Å². The van der Waals surface area contributed by atoms with Crippen molar-refractivity contribution in [2.75, 3.05) is 30.3 Å². The molecule has 1 aliphatic heterocycles. The van der Waals surface area contributed by atoms with Crippen molar-refractivity contribution in [3.8, 4) is 0 Å². The second-order valence-corrected chi connectivity index (χ2v) is 8.04. The van der Waals surface area contributed by atoms with Crippen molar-refractivity contribution in [1.29, 1.82) is 0 Å². The summed E-state index contributed by atoms with van der Waals surface area (Å²) in [5.74, 6) is -0.324. The van der Waals surface area contributed by atoms with Gasteiger partial charge in [0.1, 0.15) is 0 Å². The van der Waals surface area contributed by atoms with Gasteiger partial charge in [0.05, 0.1) is 6.54 Å². The van der Waals surface area contributed by atoms with Gasteiger partial charge >= 0.3 is 0 Å². The van der Waals surface area contributed by atoms with Crippen LogP contribution in [0.25, 0.3) is 0 Å². The summed E-state index contributed by atoms with van der Waals surface area (Å²) in [6.07, 6.45) is 3.29. The maximum atomic E-state index is 12.5. The standard InChI is InChI=1S/C24H30N4O3/c1-17(2)26-23(30)19-7-6-8-21(15-19)25-16-22(29)27-20-11-9-18(10-12-20)24(31)28-13-4-3-5-14-28/h6-12,15,17,25H,3-5,13-14,16H2,1-2H3,(H,26,30)(H,27,29). The molecule has 0 bridgehead atoms. The molecule has 1 heterocycles. The average molecular weight is 423 g/mol. The highest BCUT2D eigenvalue weighted by Gasteiger charge is 2.18. The minimum absolute atomic E-state index is 0.0422. The number of carbonyl (C=O) groups excluding carboxylic acids is 3. The zero-order valence-electron chi connectivity index (χ0n) is 18.1. The second kappa shape index (κ2) is 10.6. The topological polar surface area (TPSA) is 90.5 Å². The fourth-order valence-corrected chi connectivity index (χ4v) is 3.48. The maximum Gasteiger partial charge on any atom is 0.253 e. The number of likely N-dealkylation sites (tertiary alicyclic amines) is 1. The van der Waals surface area contributed by atoms with Gasteiger partial charge in [0.2, 0.25) is 5.91 Å². The quantitative estimate of drug-likeness (QED) is 0.637. The molecule has 0 unspecified atom stereocenters. The van der Waals surface area contributed by atoms with Gasteiger partial charge in [0, 0.05) is 41.6 Å². The van der Waals surface area contributed by atoms with Gasteiger partial charge in [0.25, 0.3) is 11.8 Å². The van der Waals surface area contributed by atoms with Gasteiger partial charge < -0.3 is 20.9 Å². The van der Waals surface area contributed by atoms with Crippen molar-refractivity contribution < 1.29 is 14.4 Å². The molecule has 0 aliphatic carbocycles. The number of nitrogens with one attached hydrogen (secondary N) is 3. The van der Waals surface area contributed by atoms with E-state index in [4.69, 9.17) is 0 Å². The van der Waals surface area contributed by atoms with Gasteiger partial charge in [-0.3, -0.25) is 14.4 Å². The van der Waals surface area contributed by atoms with E-state index in [-0.39, 0.29) is 30.3 Å². The number of benzene rings is 2. The predicted molar refractivity (Wildman–Crippen MR) is 122 cm³/mol. The molecule has 3 rings (SSSR count). The van der Waals surface area contributed by atoms with Gasteiger partial charge in [-0.15, -0.1) is 0 Å². The zero-order valence-corrected chi connectivity index (χ0v) is 18.1. The van der Waals surface area contributed by atoms with Crippen molar-refractivity contribution >= 4 is 29.1 Å². The largest absolute Gasteiger partial charge is 0.376 e. The lowest BCUT2D eigenvalue weighted by Crippen LogP contribution is -2.35. The molecular weight excluding hydrogens is 392 g/mol. The second-order valence-electron chi connectivity index (χ2n) is 8.04. The van der Waals surface area contributed by atoms with Gasteiger partial charge in [-0.1, -0.05) is 6.07 Å². The first-order valence-corrected chi connectivity index (χ1v) is 10.8. The van der Waals surface area contributed by atoms with Gasteiger partial charge in [-0.05, 0) is 75.6 Å². The highest BCUT2D eigenvalue weighted by atomic mass is 16.2. The van der Waals surface area contributed by atoms with Gasteiger partial charge in [0.15, 0.2) is 0 Å². The highest BCUT2D eigenvalue weighted by molar-refractivity contribution is 5.97. The van der Waals surface area contributed by atoms with E-state index in [0.29, 0.717) is 22.5 Å². The van der Waals surface area contributed by atoms with Crippen molar-refractivity contribution in [2.24, 2.45) is 0 Å². The molecule has 1 fully saturated rings. The third-order valence-electron chi connectivity index (χ3n) is 5.06. The molecule has 164 valence electrons. The monoisotopic (exact) mass is 422 g/mol. The molecule has 1 aliphatic rings. The lowest BCUT2D eigenvalue weighted by Gasteiger charge is -2.26. The molecule has 7 nitrogen and oxygen atoms in total. The van der Waals surface area contributed by atoms with E-state index in [1.165, 1.54) is 6.42 Å². The first-order chi connectivity index (χ1) is 14.9. The third kappa shape index (κ3) is 6.57. The van der Waals surface area contributed by atoms with E-state index in [1.54, 1.807) is 48.5 Å². The number of carbonyl (C=O) groups is 3. The van der Waals surface area contributed by atoms with Gasteiger partial charge in [-0.25, -0.2) is 0 Å². The maximum absolute atomic E-state index is 12.5. The molecule has 0 radical (unpaired) electrons. The Morgan fingerprint density at radius 2 is 1.61 bits per heavy atom. The molecule has 0 spiro atoms. The molecule has 2 aromatic rings. The smallest absolute Gasteiger partial charge is 0.253 e. The number of piperidine rings is 1. The number of nitrogens with zero attached hydrogens (tertiary/aromatic N) is 1. The molecule has 0 atom stereocenters. The molecule has 7 heteroatoms. The summed E-state index contributed by atoms with van der Waals surface area (Å²) < 4.78 is 0. The molecular formula is C24H30N4O3. The SMILES string of the molecule is CC(C)NC(=O)c1cccc(NCC(=O)Nc2ccc(C(=O)N3CCCCC3)cc2)c1. The van der Waals surface area contributed by atoms with Crippen LogP contribution in [0.1, 0.15) is 53.8 Å². The molecule has 3 N–H and O–H groups in total. The van der Waals surface area contributed by atoms with E-state index >= 15 is 0 Å². The van der Waals surface area contributed by atoms with Gasteiger partial charge in [-0.2, -0.15) is 0 Å². The van der Waals surface area contributed by atoms with Crippen LogP contribution in [0.2, 0.25) is 0 Å². The normalized spacial score (nSPS) is 13.6. The summed E-state index contributed by atoms with van der Waals surface area (Å²) in [5.41, 5.74) is 2.49. The fourth-order valence-electron chi connectivity index (χ4n) is 3.48. The van der Waals surface area contributed by atoms with E-state index < -0.39 is 0 Å². The van der Waals surface area contributed by atoms with Crippen LogP contribution < -0.4 is 16.0 Å². The lowest BCUT2D eigenvalue weighted by molar-refractivity contribution is -0.114. The summed E-state index contributed by atoms with van der Waals surface area (Å²) >= 11 is 0. The lowest BCUT2D eigenvalue weighted by atomic mass is 10.1. The van der Waals surface area contributed by atoms with Crippen molar-refractivity contribution in [1.82, 2.24) is 10.2 Å². The molecule has 0 saturated carbocycles. The Morgan fingerprint density at radius 1 is 0.903 bits per heavy atom. The Hall–Kier alpha value is -3.35. The Labute approximate surface area is 183 Å². The molecule has 31 heavy (non-hydrogen) atoms. The van der Waals surface area contributed by atoms with Crippen molar-refractivity contribution in [3.63, 3.8) is 0 Å². The first-order valence-electron chi connectivity index (χ1n) is 10.8. The summed E-state index contributed by atoms with van der Waals surface area (Å²) in [5, 5.41) is 8.69. The number of rotatable bonds is 7. The van der Waals surface area contributed by atoms with Crippen LogP contribution in [0.15, 0.2) is 48.5 Å². The van der Waals surface area contributed by atoms with Crippen LogP contribution >= 0.6 is 0 Å². The molecule has 3 amide bonds. The molecule has 0 aromatic heterocycles. The Kier molecular flexibility index (Phi) is 7.65.